The monoisotopic (exact) mass is 212 g/mol. The summed E-state index contributed by atoms with van der Waals surface area (Å²) in [5, 5.41) is 0. The molecule has 0 unspecified atom stereocenters. The Balaban J connectivity index is 2.15. The van der Waals surface area contributed by atoms with Crippen LogP contribution in [-0.4, -0.2) is 19.8 Å². The predicted octanol–water partition coefficient (Wildman–Crippen LogP) is 2.78. The van der Waals surface area contributed by atoms with E-state index in [0.29, 0.717) is 6.61 Å². The summed E-state index contributed by atoms with van der Waals surface area (Å²) in [6, 6.07) is 7.67. The Hall–Kier alpha value is -0.670. The average Bonchev–Trinajstić information content (AvgIpc) is 2.21. The van der Waals surface area contributed by atoms with Gasteiger partial charge in [-0.25, -0.2) is 0 Å². The molecule has 0 aliphatic rings. The van der Waals surface area contributed by atoms with Gasteiger partial charge in [0.1, 0.15) is 5.75 Å². The first-order chi connectivity index (χ1) is 6.83. The van der Waals surface area contributed by atoms with Crippen LogP contribution in [0.2, 0.25) is 0 Å². The Labute approximate surface area is 90.6 Å². The van der Waals surface area contributed by atoms with Gasteiger partial charge in [0.25, 0.3) is 0 Å². The van der Waals surface area contributed by atoms with Crippen molar-refractivity contribution in [2.75, 3.05) is 19.8 Å². The van der Waals surface area contributed by atoms with Crippen molar-refractivity contribution in [2.45, 2.75) is 18.2 Å². The zero-order valence-corrected chi connectivity index (χ0v) is 9.30. The molecule has 0 spiro atoms. The van der Waals surface area contributed by atoms with Crippen LogP contribution in [0, 0.1) is 0 Å². The van der Waals surface area contributed by atoms with Crippen LogP contribution in [0.15, 0.2) is 29.2 Å². The van der Waals surface area contributed by atoms with Gasteiger partial charge in [-0.2, -0.15) is 0 Å². The van der Waals surface area contributed by atoms with Crippen LogP contribution >= 0.6 is 12.6 Å². The SMILES string of the molecule is CCOCCCOc1ccc(S)cc1. The molecule has 0 aliphatic heterocycles. The standard InChI is InChI=1S/C11H16O2S/c1-2-12-8-3-9-13-10-4-6-11(14)7-5-10/h4-7,14H,2-3,8-9H2,1H3. The van der Waals surface area contributed by atoms with Gasteiger partial charge in [0.2, 0.25) is 0 Å². The summed E-state index contributed by atoms with van der Waals surface area (Å²) in [7, 11) is 0. The highest BCUT2D eigenvalue weighted by molar-refractivity contribution is 7.80. The summed E-state index contributed by atoms with van der Waals surface area (Å²) in [5.74, 6) is 0.888. The lowest BCUT2D eigenvalue weighted by Crippen LogP contribution is -2.02. The van der Waals surface area contributed by atoms with E-state index in [2.05, 4.69) is 12.6 Å². The summed E-state index contributed by atoms with van der Waals surface area (Å²) in [5.41, 5.74) is 0. The molecule has 1 aromatic carbocycles. The number of hydrogen-bond acceptors (Lipinski definition) is 3. The smallest absolute Gasteiger partial charge is 0.119 e. The molecule has 0 heterocycles. The third kappa shape index (κ3) is 4.53. The number of rotatable bonds is 6. The first-order valence-corrected chi connectivity index (χ1v) is 5.27. The van der Waals surface area contributed by atoms with Crippen molar-refractivity contribution in [1.82, 2.24) is 0 Å². The first kappa shape index (κ1) is 11.4. The van der Waals surface area contributed by atoms with Gasteiger partial charge in [-0.05, 0) is 31.2 Å². The number of thiol groups is 1. The van der Waals surface area contributed by atoms with Crippen LogP contribution in [0.25, 0.3) is 0 Å². The fraction of sp³-hybridized carbons (Fsp3) is 0.455. The van der Waals surface area contributed by atoms with Crippen LogP contribution < -0.4 is 4.74 Å². The van der Waals surface area contributed by atoms with E-state index in [1.54, 1.807) is 0 Å². The largest absolute Gasteiger partial charge is 0.494 e. The van der Waals surface area contributed by atoms with E-state index in [4.69, 9.17) is 9.47 Å². The van der Waals surface area contributed by atoms with Crippen LogP contribution in [0.5, 0.6) is 5.75 Å². The molecule has 0 bridgehead atoms. The van der Waals surface area contributed by atoms with Gasteiger partial charge in [-0.15, -0.1) is 12.6 Å². The molecule has 14 heavy (non-hydrogen) atoms. The minimum absolute atomic E-state index is 0.700. The first-order valence-electron chi connectivity index (χ1n) is 4.82. The molecule has 1 aromatic rings. The Bertz CT molecular complexity index is 246. The number of benzene rings is 1. The number of ether oxygens (including phenoxy) is 2. The van der Waals surface area contributed by atoms with Gasteiger partial charge in [0.15, 0.2) is 0 Å². The maximum absolute atomic E-state index is 5.49. The lowest BCUT2D eigenvalue weighted by atomic mass is 10.3. The molecule has 0 aromatic heterocycles. The molecule has 1 rings (SSSR count). The zero-order valence-electron chi connectivity index (χ0n) is 8.40. The maximum Gasteiger partial charge on any atom is 0.119 e. The zero-order chi connectivity index (χ0) is 10.2. The third-order valence-corrected chi connectivity index (χ3v) is 2.04. The van der Waals surface area contributed by atoms with Crippen molar-refractivity contribution in [2.24, 2.45) is 0 Å². The Morgan fingerprint density at radius 1 is 1.14 bits per heavy atom. The molecule has 0 atom stereocenters. The minimum Gasteiger partial charge on any atom is -0.494 e. The molecule has 3 heteroatoms. The van der Waals surface area contributed by atoms with Crippen LogP contribution in [0.1, 0.15) is 13.3 Å². The van der Waals surface area contributed by atoms with Crippen molar-refractivity contribution >= 4 is 12.6 Å². The summed E-state index contributed by atoms with van der Waals surface area (Å²) in [4.78, 5) is 0.951. The van der Waals surface area contributed by atoms with Gasteiger partial charge < -0.3 is 9.47 Å². The highest BCUT2D eigenvalue weighted by Crippen LogP contribution is 2.14. The predicted molar refractivity (Wildman–Crippen MR) is 60.3 cm³/mol. The maximum atomic E-state index is 5.49. The van der Waals surface area contributed by atoms with E-state index in [9.17, 15) is 0 Å². The molecule has 78 valence electrons. The minimum atomic E-state index is 0.700. The molecule has 0 saturated heterocycles. The van der Waals surface area contributed by atoms with Crippen molar-refractivity contribution < 1.29 is 9.47 Å². The van der Waals surface area contributed by atoms with Gasteiger partial charge in [-0.1, -0.05) is 0 Å². The molecular weight excluding hydrogens is 196 g/mol. The Morgan fingerprint density at radius 3 is 2.50 bits per heavy atom. The second kappa shape index (κ2) is 6.74. The third-order valence-electron chi connectivity index (χ3n) is 1.74. The van der Waals surface area contributed by atoms with Gasteiger partial charge in [0, 0.05) is 24.5 Å². The van der Waals surface area contributed by atoms with E-state index >= 15 is 0 Å². The van der Waals surface area contributed by atoms with E-state index in [1.807, 2.05) is 31.2 Å². The average molecular weight is 212 g/mol. The Kier molecular flexibility index (Phi) is 5.49. The second-order valence-electron chi connectivity index (χ2n) is 2.89. The molecule has 0 amide bonds. The summed E-state index contributed by atoms with van der Waals surface area (Å²) in [6.45, 7) is 4.23. The van der Waals surface area contributed by atoms with Crippen LogP contribution in [0.3, 0.4) is 0 Å². The van der Waals surface area contributed by atoms with E-state index < -0.39 is 0 Å². The lowest BCUT2D eigenvalue weighted by Gasteiger charge is -2.05. The highest BCUT2D eigenvalue weighted by atomic mass is 32.1. The van der Waals surface area contributed by atoms with Crippen molar-refractivity contribution in [3.05, 3.63) is 24.3 Å². The molecule has 0 N–H and O–H groups in total. The van der Waals surface area contributed by atoms with Crippen molar-refractivity contribution in [1.29, 1.82) is 0 Å². The second-order valence-corrected chi connectivity index (χ2v) is 3.41. The molecule has 2 nitrogen and oxygen atoms in total. The quantitative estimate of drug-likeness (QED) is 0.577. The summed E-state index contributed by atoms with van der Waals surface area (Å²) >= 11 is 4.19. The van der Waals surface area contributed by atoms with Gasteiger partial charge in [0.05, 0.1) is 6.61 Å². The Morgan fingerprint density at radius 2 is 1.86 bits per heavy atom. The van der Waals surface area contributed by atoms with E-state index in [1.165, 1.54) is 0 Å². The molecule has 0 aliphatic carbocycles. The van der Waals surface area contributed by atoms with E-state index in [-0.39, 0.29) is 0 Å². The molecule has 0 fully saturated rings. The molecule has 0 saturated carbocycles. The topological polar surface area (TPSA) is 18.5 Å². The lowest BCUT2D eigenvalue weighted by molar-refractivity contribution is 0.131. The normalized spacial score (nSPS) is 10.1. The fourth-order valence-electron chi connectivity index (χ4n) is 1.04. The molecular formula is C11H16O2S. The summed E-state index contributed by atoms with van der Waals surface area (Å²) in [6.07, 6.45) is 0.927. The fourth-order valence-corrected chi connectivity index (χ4v) is 1.19. The molecule has 0 radical (unpaired) electrons. The van der Waals surface area contributed by atoms with Crippen LogP contribution in [-0.2, 0) is 4.74 Å². The van der Waals surface area contributed by atoms with E-state index in [0.717, 1.165) is 30.3 Å². The summed E-state index contributed by atoms with van der Waals surface area (Å²) < 4.78 is 10.7. The number of hydrogen-bond donors (Lipinski definition) is 1. The van der Waals surface area contributed by atoms with Crippen molar-refractivity contribution in [3.8, 4) is 5.75 Å². The van der Waals surface area contributed by atoms with Crippen molar-refractivity contribution in [3.63, 3.8) is 0 Å². The van der Waals surface area contributed by atoms with Crippen LogP contribution in [0.4, 0.5) is 0 Å². The highest BCUT2D eigenvalue weighted by Gasteiger charge is 1.93. The van der Waals surface area contributed by atoms with Gasteiger partial charge in [-0.3, -0.25) is 0 Å². The van der Waals surface area contributed by atoms with Gasteiger partial charge >= 0.3 is 0 Å².